The molecule has 3 atom stereocenters. The first kappa shape index (κ1) is 25.6. The second-order valence-corrected chi connectivity index (χ2v) is 11.8. The maximum atomic E-state index is 14.3. The molecular formula is C26H36NO5P. The van der Waals surface area contributed by atoms with E-state index in [0.29, 0.717) is 6.42 Å². The quantitative estimate of drug-likeness (QED) is 0.362. The van der Waals surface area contributed by atoms with Gasteiger partial charge >= 0.3 is 13.6 Å². The van der Waals surface area contributed by atoms with Crippen LogP contribution in [-0.2, 0) is 29.6 Å². The Morgan fingerprint density at radius 3 is 2.06 bits per heavy atom. The summed E-state index contributed by atoms with van der Waals surface area (Å²) in [6.45, 7) is 9.65. The van der Waals surface area contributed by atoms with Gasteiger partial charge in [0.05, 0.1) is 19.1 Å². The summed E-state index contributed by atoms with van der Waals surface area (Å²) in [6, 6.07) is 19.2. The summed E-state index contributed by atoms with van der Waals surface area (Å²) in [4.78, 5) is 13.4. The van der Waals surface area contributed by atoms with E-state index in [1.807, 2.05) is 81.4 Å². The number of rotatable bonds is 9. The maximum Gasteiger partial charge on any atom is 0.350 e. The molecule has 0 saturated carbocycles. The first-order valence-electron chi connectivity index (χ1n) is 11.6. The first-order valence-corrected chi connectivity index (χ1v) is 13.2. The van der Waals surface area contributed by atoms with Gasteiger partial charge in [0.2, 0.25) is 0 Å². The van der Waals surface area contributed by atoms with Crippen LogP contribution in [-0.4, -0.2) is 30.1 Å². The lowest BCUT2D eigenvalue weighted by Crippen LogP contribution is -2.43. The van der Waals surface area contributed by atoms with Crippen LogP contribution in [0.25, 0.3) is 0 Å². The van der Waals surface area contributed by atoms with Gasteiger partial charge in [-0.3, -0.25) is 14.7 Å². The van der Waals surface area contributed by atoms with Crippen LogP contribution in [0.2, 0.25) is 0 Å². The average Bonchev–Trinajstić information content (AvgIpc) is 3.16. The van der Waals surface area contributed by atoms with Crippen molar-refractivity contribution in [2.24, 2.45) is 5.92 Å². The molecule has 0 amide bonds. The van der Waals surface area contributed by atoms with E-state index in [0.717, 1.165) is 11.1 Å². The largest absolute Gasteiger partial charge is 0.460 e. The Kier molecular flexibility index (Phi) is 8.17. The summed E-state index contributed by atoms with van der Waals surface area (Å²) in [7, 11) is -3.67. The molecule has 0 spiro atoms. The molecule has 3 rings (SSSR count). The molecule has 1 aliphatic heterocycles. The Morgan fingerprint density at radius 2 is 1.55 bits per heavy atom. The van der Waals surface area contributed by atoms with Gasteiger partial charge in [0, 0.05) is 12.5 Å². The molecule has 1 fully saturated rings. The maximum absolute atomic E-state index is 14.3. The smallest absolute Gasteiger partial charge is 0.350 e. The van der Waals surface area contributed by atoms with Crippen LogP contribution < -0.4 is 5.32 Å². The Morgan fingerprint density at radius 1 is 1.00 bits per heavy atom. The van der Waals surface area contributed by atoms with E-state index >= 15 is 0 Å². The molecule has 1 N–H and O–H groups in total. The van der Waals surface area contributed by atoms with Crippen LogP contribution in [0.15, 0.2) is 60.7 Å². The van der Waals surface area contributed by atoms with Gasteiger partial charge in [-0.1, -0.05) is 60.7 Å². The van der Waals surface area contributed by atoms with E-state index in [4.69, 9.17) is 13.8 Å². The highest BCUT2D eigenvalue weighted by atomic mass is 31.2. The summed E-state index contributed by atoms with van der Waals surface area (Å²) in [5, 5.41) is 2.50. The predicted octanol–water partition coefficient (Wildman–Crippen LogP) is 5.88. The monoisotopic (exact) mass is 473 g/mol. The SMILES string of the molecule is CCOP(=O)(OCC)[C@@]1(Cc2ccccc2)C[C@H](C(=O)OC(C)(C)C)[C@@H](c2ccccc2)N1. The number of hydrogen-bond acceptors (Lipinski definition) is 6. The van der Waals surface area contributed by atoms with Crippen molar-refractivity contribution in [3.63, 3.8) is 0 Å². The van der Waals surface area contributed by atoms with Gasteiger partial charge in [-0.15, -0.1) is 0 Å². The van der Waals surface area contributed by atoms with Gasteiger partial charge in [0.15, 0.2) is 0 Å². The van der Waals surface area contributed by atoms with Crippen molar-refractivity contribution in [1.29, 1.82) is 0 Å². The van der Waals surface area contributed by atoms with Crippen LogP contribution in [0.3, 0.4) is 0 Å². The third-order valence-corrected chi connectivity index (χ3v) is 8.43. The zero-order valence-electron chi connectivity index (χ0n) is 20.2. The summed E-state index contributed by atoms with van der Waals surface area (Å²) >= 11 is 0. The number of ether oxygens (including phenoxy) is 1. The van der Waals surface area contributed by atoms with E-state index in [9.17, 15) is 9.36 Å². The molecule has 0 aromatic heterocycles. The Balaban J connectivity index is 2.11. The highest BCUT2D eigenvalue weighted by molar-refractivity contribution is 7.55. The zero-order chi connectivity index (χ0) is 24.1. The average molecular weight is 474 g/mol. The normalized spacial score (nSPS) is 23.4. The van der Waals surface area contributed by atoms with E-state index in [-0.39, 0.29) is 31.6 Å². The second-order valence-electron chi connectivity index (χ2n) is 9.40. The van der Waals surface area contributed by atoms with Gasteiger partial charge in [-0.2, -0.15) is 0 Å². The summed E-state index contributed by atoms with van der Waals surface area (Å²) in [5.74, 6) is -0.872. The number of esters is 1. The van der Waals surface area contributed by atoms with Gasteiger partial charge in [0.1, 0.15) is 10.9 Å². The van der Waals surface area contributed by atoms with Crippen LogP contribution in [0.1, 0.15) is 58.2 Å². The molecule has 1 aliphatic rings. The van der Waals surface area contributed by atoms with Gasteiger partial charge in [0.25, 0.3) is 0 Å². The molecule has 0 unspecified atom stereocenters. The Hall–Kier alpha value is -1.98. The summed E-state index contributed by atoms with van der Waals surface area (Å²) in [6.07, 6.45) is 0.668. The van der Waals surface area contributed by atoms with Crippen molar-refractivity contribution < 1.29 is 23.1 Å². The molecule has 180 valence electrons. The number of carbonyl (C=O) groups is 1. The third-order valence-electron chi connectivity index (χ3n) is 5.71. The van der Waals surface area contributed by atoms with E-state index in [1.54, 1.807) is 13.8 Å². The zero-order valence-corrected chi connectivity index (χ0v) is 21.1. The molecule has 7 heteroatoms. The predicted molar refractivity (Wildman–Crippen MR) is 130 cm³/mol. The van der Waals surface area contributed by atoms with Crippen LogP contribution in [0.5, 0.6) is 0 Å². The fourth-order valence-electron chi connectivity index (χ4n) is 4.47. The summed E-state index contributed by atoms with van der Waals surface area (Å²) in [5.41, 5.74) is 1.29. The molecule has 33 heavy (non-hydrogen) atoms. The first-order chi connectivity index (χ1) is 15.6. The van der Waals surface area contributed by atoms with Crippen LogP contribution in [0, 0.1) is 5.92 Å². The van der Waals surface area contributed by atoms with Gasteiger partial charge in [-0.25, -0.2) is 0 Å². The highest BCUT2D eigenvalue weighted by Gasteiger charge is 2.60. The lowest BCUT2D eigenvalue weighted by molar-refractivity contribution is -0.160. The number of nitrogens with one attached hydrogen (secondary N) is 1. The fourth-order valence-corrected chi connectivity index (χ4v) is 6.81. The molecule has 1 heterocycles. The van der Waals surface area contributed by atoms with E-state index in [1.165, 1.54) is 0 Å². The summed E-state index contributed by atoms with van der Waals surface area (Å²) < 4.78 is 31.8. The number of hydrogen-bond donors (Lipinski definition) is 1. The van der Waals surface area contributed by atoms with Crippen molar-refractivity contribution in [3.05, 3.63) is 71.8 Å². The minimum Gasteiger partial charge on any atom is -0.460 e. The fraction of sp³-hybridized carbons (Fsp3) is 0.500. The topological polar surface area (TPSA) is 73.9 Å². The molecule has 0 radical (unpaired) electrons. The molecule has 1 saturated heterocycles. The Labute approximate surface area is 197 Å². The van der Waals surface area contributed by atoms with Crippen LogP contribution in [0.4, 0.5) is 0 Å². The van der Waals surface area contributed by atoms with Crippen molar-refractivity contribution in [1.82, 2.24) is 5.32 Å². The van der Waals surface area contributed by atoms with Crippen molar-refractivity contribution >= 4 is 13.6 Å². The van der Waals surface area contributed by atoms with Gasteiger partial charge in [-0.05, 0) is 52.2 Å². The molecule has 0 bridgehead atoms. The number of benzene rings is 2. The molecule has 6 nitrogen and oxygen atoms in total. The van der Waals surface area contributed by atoms with Crippen molar-refractivity contribution in [2.75, 3.05) is 13.2 Å². The van der Waals surface area contributed by atoms with Gasteiger partial charge < -0.3 is 13.8 Å². The minimum atomic E-state index is -3.67. The van der Waals surface area contributed by atoms with E-state index < -0.39 is 24.4 Å². The Bertz CT molecular complexity index is 950. The van der Waals surface area contributed by atoms with E-state index in [2.05, 4.69) is 5.32 Å². The van der Waals surface area contributed by atoms with Crippen molar-refractivity contribution in [2.45, 2.75) is 64.4 Å². The number of carbonyl (C=O) groups excluding carboxylic acids is 1. The third kappa shape index (κ3) is 5.93. The lowest BCUT2D eigenvalue weighted by Gasteiger charge is -2.37. The minimum absolute atomic E-state index is 0.239. The standard InChI is InChI=1S/C26H36NO5P/c1-6-30-33(29,31-7-2)26(18-20-14-10-8-11-15-20)19-22(24(28)32-25(3,4)5)23(27-26)21-16-12-9-13-17-21/h8-17,22-23,27H,6-7,18-19H2,1-5H3/t22-,23+,26-/m0/s1. The van der Waals surface area contributed by atoms with Crippen LogP contribution >= 0.6 is 7.60 Å². The van der Waals surface area contributed by atoms with Crippen molar-refractivity contribution in [3.8, 4) is 0 Å². The lowest BCUT2D eigenvalue weighted by atomic mass is 9.92. The molecule has 2 aromatic carbocycles. The molecular weight excluding hydrogens is 437 g/mol. The molecule has 2 aromatic rings. The molecule has 0 aliphatic carbocycles. The second kappa shape index (κ2) is 10.5. The highest BCUT2D eigenvalue weighted by Crippen LogP contribution is 2.65.